The third-order valence-corrected chi connectivity index (χ3v) is 3.02. The Balaban J connectivity index is 1.96. The van der Waals surface area contributed by atoms with Crippen LogP contribution in [0.15, 0.2) is 12.4 Å². The van der Waals surface area contributed by atoms with Crippen molar-refractivity contribution < 1.29 is 0 Å². The van der Waals surface area contributed by atoms with Crippen LogP contribution in [0.4, 0.5) is 0 Å². The van der Waals surface area contributed by atoms with Crippen LogP contribution in [-0.2, 0) is 6.54 Å². The lowest BCUT2D eigenvalue weighted by atomic mass is 9.96. The lowest BCUT2D eigenvalue weighted by Crippen LogP contribution is -2.45. The molecular weight excluding hydrogens is 224 g/mol. The highest BCUT2D eigenvalue weighted by molar-refractivity contribution is 6.29. The fourth-order valence-electron chi connectivity index (χ4n) is 2.29. The van der Waals surface area contributed by atoms with Crippen molar-refractivity contribution in [1.29, 1.82) is 0 Å². The normalized spacial score (nSPS) is 26.9. The number of rotatable bonds is 2. The Bertz CT molecular complexity index is 330. The van der Waals surface area contributed by atoms with Crippen molar-refractivity contribution in [2.24, 2.45) is 11.7 Å². The summed E-state index contributed by atoms with van der Waals surface area (Å²) in [5.74, 6) is 0.656. The molecule has 0 amide bonds. The maximum absolute atomic E-state index is 5.99. The van der Waals surface area contributed by atoms with Crippen molar-refractivity contribution in [1.82, 2.24) is 14.9 Å². The van der Waals surface area contributed by atoms with Crippen molar-refractivity contribution in [3.05, 3.63) is 23.2 Å². The number of hydrogen-bond donors (Lipinski definition) is 1. The van der Waals surface area contributed by atoms with Gasteiger partial charge >= 0.3 is 0 Å². The van der Waals surface area contributed by atoms with Crippen LogP contribution in [0.5, 0.6) is 0 Å². The summed E-state index contributed by atoms with van der Waals surface area (Å²) in [5, 5.41) is 0.437. The van der Waals surface area contributed by atoms with Crippen LogP contribution >= 0.6 is 11.6 Å². The third-order valence-electron chi connectivity index (χ3n) is 2.83. The largest absolute Gasteiger partial charge is 0.327 e. The number of likely N-dealkylation sites (tertiary alicyclic amines) is 1. The van der Waals surface area contributed by atoms with Gasteiger partial charge in [0.2, 0.25) is 0 Å². The van der Waals surface area contributed by atoms with Crippen molar-refractivity contribution in [3.63, 3.8) is 0 Å². The van der Waals surface area contributed by atoms with Crippen LogP contribution in [0, 0.1) is 5.92 Å². The molecule has 1 aromatic heterocycles. The summed E-state index contributed by atoms with van der Waals surface area (Å²) in [5.41, 5.74) is 6.94. The van der Waals surface area contributed by atoms with Crippen molar-refractivity contribution in [2.45, 2.75) is 25.9 Å². The summed E-state index contributed by atoms with van der Waals surface area (Å²) >= 11 is 5.69. The molecule has 0 spiro atoms. The van der Waals surface area contributed by atoms with E-state index < -0.39 is 0 Å². The summed E-state index contributed by atoms with van der Waals surface area (Å²) < 4.78 is 0. The molecule has 0 saturated carbocycles. The Morgan fingerprint density at radius 2 is 2.25 bits per heavy atom. The van der Waals surface area contributed by atoms with Gasteiger partial charge in [-0.05, 0) is 12.3 Å². The summed E-state index contributed by atoms with van der Waals surface area (Å²) in [6.45, 7) is 5.06. The number of nitrogens with zero attached hydrogens (tertiary/aromatic N) is 3. The zero-order chi connectivity index (χ0) is 11.5. The van der Waals surface area contributed by atoms with Crippen molar-refractivity contribution in [3.8, 4) is 0 Å². The Kier molecular flexibility index (Phi) is 3.74. The molecule has 0 aromatic carbocycles. The van der Waals surface area contributed by atoms with E-state index in [2.05, 4.69) is 21.8 Å². The first-order valence-corrected chi connectivity index (χ1v) is 5.95. The monoisotopic (exact) mass is 240 g/mol. The summed E-state index contributed by atoms with van der Waals surface area (Å²) in [4.78, 5) is 10.6. The van der Waals surface area contributed by atoms with Gasteiger partial charge in [-0.15, -0.1) is 0 Å². The first-order valence-electron chi connectivity index (χ1n) is 5.58. The third kappa shape index (κ3) is 3.14. The zero-order valence-corrected chi connectivity index (χ0v) is 10.2. The second kappa shape index (κ2) is 5.08. The maximum Gasteiger partial charge on any atom is 0.147 e. The standard InChI is InChI=1S/C11H17ClN4/c1-8-2-9(13)6-16(5-8)7-10-3-15-11(12)4-14-10/h3-4,8-9H,2,5-7,13H2,1H3. The van der Waals surface area contributed by atoms with Gasteiger partial charge < -0.3 is 5.73 Å². The predicted molar refractivity (Wildman–Crippen MR) is 64.1 cm³/mol. The van der Waals surface area contributed by atoms with Crippen LogP contribution < -0.4 is 5.73 Å². The van der Waals surface area contributed by atoms with E-state index in [-0.39, 0.29) is 6.04 Å². The van der Waals surface area contributed by atoms with Gasteiger partial charge in [-0.25, -0.2) is 4.98 Å². The average Bonchev–Trinajstić information content (AvgIpc) is 2.20. The molecule has 2 N–H and O–H groups in total. The van der Waals surface area contributed by atoms with E-state index in [1.165, 1.54) is 0 Å². The van der Waals surface area contributed by atoms with E-state index in [4.69, 9.17) is 17.3 Å². The van der Waals surface area contributed by atoms with Crippen LogP contribution in [0.1, 0.15) is 19.0 Å². The minimum Gasteiger partial charge on any atom is -0.327 e. The minimum atomic E-state index is 0.281. The van der Waals surface area contributed by atoms with E-state index in [1.807, 2.05) is 0 Å². The SMILES string of the molecule is CC1CC(N)CN(Cc2cnc(Cl)cn2)C1. The number of halogens is 1. The highest BCUT2D eigenvalue weighted by Gasteiger charge is 2.22. The molecule has 1 saturated heterocycles. The van der Waals surface area contributed by atoms with Gasteiger partial charge in [0.05, 0.1) is 18.1 Å². The Morgan fingerprint density at radius 1 is 1.44 bits per heavy atom. The highest BCUT2D eigenvalue weighted by Crippen LogP contribution is 2.16. The van der Waals surface area contributed by atoms with Crippen LogP contribution in [-0.4, -0.2) is 34.0 Å². The highest BCUT2D eigenvalue weighted by atomic mass is 35.5. The topological polar surface area (TPSA) is 55.0 Å². The van der Waals surface area contributed by atoms with Gasteiger partial charge in [0.1, 0.15) is 5.15 Å². The first-order chi connectivity index (χ1) is 7.63. The summed E-state index contributed by atoms with van der Waals surface area (Å²) in [7, 11) is 0. The van der Waals surface area contributed by atoms with E-state index in [0.29, 0.717) is 11.1 Å². The maximum atomic E-state index is 5.99. The molecular formula is C11H17ClN4. The minimum absolute atomic E-state index is 0.281. The predicted octanol–water partition coefficient (Wildman–Crippen LogP) is 1.30. The van der Waals surface area contributed by atoms with Gasteiger partial charge in [-0.2, -0.15) is 0 Å². The number of hydrogen-bond acceptors (Lipinski definition) is 4. The number of aromatic nitrogens is 2. The molecule has 2 atom stereocenters. The molecule has 0 radical (unpaired) electrons. The molecule has 88 valence electrons. The molecule has 1 fully saturated rings. The molecule has 1 aliphatic heterocycles. The zero-order valence-electron chi connectivity index (χ0n) is 9.43. The Labute approximate surface area is 101 Å². The molecule has 4 nitrogen and oxygen atoms in total. The number of nitrogens with two attached hydrogens (primary N) is 1. The molecule has 5 heteroatoms. The van der Waals surface area contributed by atoms with Crippen molar-refractivity contribution in [2.75, 3.05) is 13.1 Å². The van der Waals surface area contributed by atoms with E-state index in [9.17, 15) is 0 Å². The van der Waals surface area contributed by atoms with Gasteiger partial charge in [0.15, 0.2) is 0 Å². The lowest BCUT2D eigenvalue weighted by Gasteiger charge is -2.34. The van der Waals surface area contributed by atoms with Crippen LogP contribution in [0.2, 0.25) is 5.15 Å². The second-order valence-electron chi connectivity index (χ2n) is 4.63. The molecule has 2 unspecified atom stereocenters. The summed E-state index contributed by atoms with van der Waals surface area (Å²) in [6.07, 6.45) is 4.43. The Hall–Kier alpha value is -0.710. The molecule has 2 rings (SSSR count). The average molecular weight is 241 g/mol. The molecule has 0 aliphatic carbocycles. The summed E-state index contributed by atoms with van der Waals surface area (Å²) in [6, 6.07) is 0.281. The van der Waals surface area contributed by atoms with E-state index >= 15 is 0 Å². The van der Waals surface area contributed by atoms with Gasteiger partial charge in [-0.1, -0.05) is 18.5 Å². The van der Waals surface area contributed by atoms with Gasteiger partial charge in [-0.3, -0.25) is 9.88 Å². The first kappa shape index (κ1) is 11.8. The second-order valence-corrected chi connectivity index (χ2v) is 5.01. The molecule has 1 aromatic rings. The van der Waals surface area contributed by atoms with E-state index in [1.54, 1.807) is 12.4 Å². The molecule has 1 aliphatic rings. The van der Waals surface area contributed by atoms with Gasteiger partial charge in [0.25, 0.3) is 0 Å². The Morgan fingerprint density at radius 3 is 2.88 bits per heavy atom. The molecule has 16 heavy (non-hydrogen) atoms. The molecule has 0 bridgehead atoms. The molecule has 2 heterocycles. The fraction of sp³-hybridized carbons (Fsp3) is 0.636. The fourth-order valence-corrected chi connectivity index (χ4v) is 2.39. The van der Waals surface area contributed by atoms with Crippen molar-refractivity contribution >= 4 is 11.6 Å². The smallest absolute Gasteiger partial charge is 0.147 e. The number of piperidine rings is 1. The lowest BCUT2D eigenvalue weighted by molar-refractivity contribution is 0.156. The quantitative estimate of drug-likeness (QED) is 0.847. The van der Waals surface area contributed by atoms with E-state index in [0.717, 1.165) is 31.7 Å². The van der Waals surface area contributed by atoms with Crippen LogP contribution in [0.25, 0.3) is 0 Å². The van der Waals surface area contributed by atoms with Crippen LogP contribution in [0.3, 0.4) is 0 Å². The van der Waals surface area contributed by atoms with Gasteiger partial charge in [0, 0.05) is 25.7 Å².